The van der Waals surface area contributed by atoms with Gasteiger partial charge in [-0.15, -0.1) is 0 Å². The Bertz CT molecular complexity index is 836. The maximum absolute atomic E-state index is 12.1. The van der Waals surface area contributed by atoms with Crippen molar-refractivity contribution in [2.75, 3.05) is 12.4 Å². The fraction of sp³-hybridized carbons (Fsp3) is 0.211. The second kappa shape index (κ2) is 9.01. The Kier molecular flexibility index (Phi) is 6.74. The SMILES string of the molecule is COC(=O)c1ccc(Cl)c(NC(=O)CC(=O)NCc2ccccc2C)c1. The van der Waals surface area contributed by atoms with E-state index < -0.39 is 17.8 Å². The maximum atomic E-state index is 12.1. The largest absolute Gasteiger partial charge is 0.465 e. The lowest BCUT2D eigenvalue weighted by atomic mass is 10.1. The van der Waals surface area contributed by atoms with Gasteiger partial charge in [0.1, 0.15) is 6.42 Å². The summed E-state index contributed by atoms with van der Waals surface area (Å²) in [7, 11) is 1.26. The summed E-state index contributed by atoms with van der Waals surface area (Å²) in [6.07, 6.45) is -0.356. The van der Waals surface area contributed by atoms with Crippen molar-refractivity contribution in [1.29, 1.82) is 0 Å². The van der Waals surface area contributed by atoms with Crippen LogP contribution in [0.5, 0.6) is 0 Å². The zero-order valence-corrected chi connectivity index (χ0v) is 15.2. The Morgan fingerprint density at radius 3 is 2.50 bits per heavy atom. The number of anilines is 1. The number of nitrogens with one attached hydrogen (secondary N) is 2. The van der Waals surface area contributed by atoms with Crippen LogP contribution < -0.4 is 10.6 Å². The van der Waals surface area contributed by atoms with E-state index in [1.165, 1.54) is 25.3 Å². The minimum Gasteiger partial charge on any atom is -0.465 e. The number of hydrogen-bond donors (Lipinski definition) is 2. The van der Waals surface area contributed by atoms with Gasteiger partial charge in [-0.05, 0) is 36.2 Å². The number of esters is 1. The molecule has 0 aliphatic rings. The van der Waals surface area contributed by atoms with Crippen molar-refractivity contribution < 1.29 is 19.1 Å². The topological polar surface area (TPSA) is 84.5 Å². The van der Waals surface area contributed by atoms with Crippen LogP contribution in [0.2, 0.25) is 5.02 Å². The summed E-state index contributed by atoms with van der Waals surface area (Å²) in [6.45, 7) is 2.29. The third-order valence-electron chi connectivity index (χ3n) is 3.72. The molecule has 0 saturated heterocycles. The number of methoxy groups -OCH3 is 1. The summed E-state index contributed by atoms with van der Waals surface area (Å²) in [5.41, 5.74) is 2.53. The predicted molar refractivity (Wildman–Crippen MR) is 99.1 cm³/mol. The molecular formula is C19H19ClN2O4. The van der Waals surface area contributed by atoms with Crippen LogP contribution in [-0.2, 0) is 20.9 Å². The second-order valence-corrected chi connectivity index (χ2v) is 6.02. The molecule has 136 valence electrons. The summed E-state index contributed by atoms with van der Waals surface area (Å²) < 4.78 is 4.63. The van der Waals surface area contributed by atoms with Crippen LogP contribution in [0.25, 0.3) is 0 Å². The first-order valence-electron chi connectivity index (χ1n) is 7.89. The Balaban J connectivity index is 1.93. The molecule has 26 heavy (non-hydrogen) atoms. The van der Waals surface area contributed by atoms with Gasteiger partial charge < -0.3 is 15.4 Å². The highest BCUT2D eigenvalue weighted by Crippen LogP contribution is 2.23. The third kappa shape index (κ3) is 5.32. The van der Waals surface area contributed by atoms with Gasteiger partial charge in [0.2, 0.25) is 11.8 Å². The normalized spacial score (nSPS) is 10.1. The van der Waals surface area contributed by atoms with Crippen molar-refractivity contribution in [2.24, 2.45) is 0 Å². The summed E-state index contributed by atoms with van der Waals surface area (Å²) in [5.74, 6) is -1.49. The summed E-state index contributed by atoms with van der Waals surface area (Å²) in [4.78, 5) is 35.6. The number of carbonyl (C=O) groups is 3. The highest BCUT2D eigenvalue weighted by Gasteiger charge is 2.14. The van der Waals surface area contributed by atoms with Crippen LogP contribution in [-0.4, -0.2) is 24.9 Å². The molecule has 2 amide bonds. The number of rotatable bonds is 6. The lowest BCUT2D eigenvalue weighted by Crippen LogP contribution is -2.28. The molecule has 0 bridgehead atoms. The second-order valence-electron chi connectivity index (χ2n) is 5.61. The minimum atomic E-state index is -0.548. The van der Waals surface area contributed by atoms with Crippen molar-refractivity contribution in [3.8, 4) is 0 Å². The minimum absolute atomic E-state index is 0.242. The monoisotopic (exact) mass is 374 g/mol. The molecule has 0 aliphatic carbocycles. The molecule has 2 N–H and O–H groups in total. The molecule has 2 aromatic carbocycles. The van der Waals surface area contributed by atoms with Crippen molar-refractivity contribution in [1.82, 2.24) is 5.32 Å². The lowest BCUT2D eigenvalue weighted by Gasteiger charge is -2.10. The van der Waals surface area contributed by atoms with E-state index in [0.717, 1.165) is 11.1 Å². The van der Waals surface area contributed by atoms with Crippen molar-refractivity contribution >= 4 is 35.1 Å². The Hall–Kier alpha value is -2.86. The lowest BCUT2D eigenvalue weighted by molar-refractivity contribution is -0.126. The summed E-state index contributed by atoms with van der Waals surface area (Å²) >= 11 is 6.02. The standard InChI is InChI=1S/C19H19ClN2O4/c1-12-5-3-4-6-14(12)11-21-17(23)10-18(24)22-16-9-13(19(25)26-2)7-8-15(16)20/h3-9H,10-11H2,1-2H3,(H,21,23)(H,22,24). The van der Waals surface area contributed by atoms with Gasteiger partial charge in [0, 0.05) is 6.54 Å². The molecule has 0 fully saturated rings. The number of carbonyl (C=O) groups excluding carboxylic acids is 3. The predicted octanol–water partition coefficient (Wildman–Crippen LogP) is 3.08. The molecule has 0 saturated carbocycles. The maximum Gasteiger partial charge on any atom is 0.337 e. The first kappa shape index (κ1) is 19.5. The van der Waals surface area contributed by atoms with Crippen LogP contribution in [0.3, 0.4) is 0 Å². The average molecular weight is 375 g/mol. The van der Waals surface area contributed by atoms with E-state index in [1.54, 1.807) is 0 Å². The molecule has 0 aromatic heterocycles. The first-order chi connectivity index (χ1) is 12.4. The first-order valence-corrected chi connectivity index (χ1v) is 8.27. The number of hydrogen-bond acceptors (Lipinski definition) is 4. The van der Waals surface area contributed by atoms with Crippen LogP contribution >= 0.6 is 11.6 Å². The van der Waals surface area contributed by atoms with Crippen LogP contribution in [0.4, 0.5) is 5.69 Å². The summed E-state index contributed by atoms with van der Waals surface area (Å²) in [6, 6.07) is 12.0. The van der Waals surface area contributed by atoms with Crippen molar-refractivity contribution in [3.05, 3.63) is 64.2 Å². The molecule has 2 aromatic rings. The Labute approximate surface area is 156 Å². The Morgan fingerprint density at radius 1 is 1.08 bits per heavy atom. The molecule has 0 radical (unpaired) electrons. The molecule has 0 aliphatic heterocycles. The Morgan fingerprint density at radius 2 is 1.81 bits per heavy atom. The van der Waals surface area contributed by atoms with Gasteiger partial charge >= 0.3 is 5.97 Å². The number of aryl methyl sites for hydroxylation is 1. The van der Waals surface area contributed by atoms with E-state index in [1.807, 2.05) is 31.2 Å². The van der Waals surface area contributed by atoms with E-state index >= 15 is 0 Å². The number of amides is 2. The van der Waals surface area contributed by atoms with Crippen LogP contribution in [0.15, 0.2) is 42.5 Å². The average Bonchev–Trinajstić information content (AvgIpc) is 2.62. The van der Waals surface area contributed by atoms with E-state index in [9.17, 15) is 14.4 Å². The quantitative estimate of drug-likeness (QED) is 0.601. The van der Waals surface area contributed by atoms with Crippen molar-refractivity contribution in [2.45, 2.75) is 19.9 Å². The van der Waals surface area contributed by atoms with Gasteiger partial charge in [0.25, 0.3) is 0 Å². The molecule has 0 atom stereocenters. The van der Waals surface area contributed by atoms with E-state index in [2.05, 4.69) is 15.4 Å². The van der Waals surface area contributed by atoms with Gasteiger partial charge in [0.05, 0.1) is 23.4 Å². The molecular weight excluding hydrogens is 356 g/mol. The molecule has 0 heterocycles. The zero-order chi connectivity index (χ0) is 19.1. The highest BCUT2D eigenvalue weighted by molar-refractivity contribution is 6.34. The highest BCUT2D eigenvalue weighted by atomic mass is 35.5. The van der Waals surface area contributed by atoms with Gasteiger partial charge in [-0.1, -0.05) is 35.9 Å². The number of ether oxygens (including phenoxy) is 1. The smallest absolute Gasteiger partial charge is 0.337 e. The number of halogens is 1. The molecule has 6 nitrogen and oxygen atoms in total. The van der Waals surface area contributed by atoms with Gasteiger partial charge in [-0.3, -0.25) is 9.59 Å². The third-order valence-corrected chi connectivity index (χ3v) is 4.05. The molecule has 2 rings (SSSR count). The van der Waals surface area contributed by atoms with Gasteiger partial charge in [-0.2, -0.15) is 0 Å². The van der Waals surface area contributed by atoms with E-state index in [0.29, 0.717) is 6.54 Å². The fourth-order valence-corrected chi connectivity index (χ4v) is 2.44. The zero-order valence-electron chi connectivity index (χ0n) is 14.5. The molecule has 0 spiro atoms. The van der Waals surface area contributed by atoms with Crippen LogP contribution in [0.1, 0.15) is 27.9 Å². The van der Waals surface area contributed by atoms with Gasteiger partial charge in [-0.25, -0.2) is 4.79 Å². The molecule has 0 unspecified atom stereocenters. The summed E-state index contributed by atoms with van der Waals surface area (Å²) in [5, 5.41) is 5.49. The molecule has 7 heteroatoms. The van der Waals surface area contributed by atoms with Crippen LogP contribution in [0, 0.1) is 6.92 Å². The van der Waals surface area contributed by atoms with E-state index in [-0.39, 0.29) is 22.7 Å². The number of benzene rings is 2. The fourth-order valence-electron chi connectivity index (χ4n) is 2.27. The van der Waals surface area contributed by atoms with Crippen molar-refractivity contribution in [3.63, 3.8) is 0 Å². The van der Waals surface area contributed by atoms with Gasteiger partial charge in [0.15, 0.2) is 0 Å². The van der Waals surface area contributed by atoms with E-state index in [4.69, 9.17) is 11.6 Å².